The van der Waals surface area contributed by atoms with Gasteiger partial charge in [-0.15, -0.1) is 5.10 Å². The second kappa shape index (κ2) is 5.43. The molecule has 0 aromatic carbocycles. The monoisotopic (exact) mass is 222 g/mol. The lowest BCUT2D eigenvalue weighted by Crippen LogP contribution is -2.33. The lowest BCUT2D eigenvalue weighted by molar-refractivity contribution is 0.354. The van der Waals surface area contributed by atoms with E-state index in [1.54, 1.807) is 4.68 Å². The van der Waals surface area contributed by atoms with Crippen LogP contribution in [0.5, 0.6) is 0 Å². The summed E-state index contributed by atoms with van der Waals surface area (Å²) in [6.45, 7) is 3.21. The van der Waals surface area contributed by atoms with Gasteiger partial charge < -0.3 is 5.32 Å². The van der Waals surface area contributed by atoms with Gasteiger partial charge in [-0.1, -0.05) is 31.4 Å². The lowest BCUT2D eigenvalue weighted by Gasteiger charge is -2.22. The maximum atomic E-state index is 4.10. The summed E-state index contributed by atoms with van der Waals surface area (Å²) in [4.78, 5) is 0. The van der Waals surface area contributed by atoms with Crippen LogP contribution in [0.2, 0.25) is 0 Å². The second-order valence-corrected chi connectivity index (χ2v) is 4.99. The van der Waals surface area contributed by atoms with Gasteiger partial charge >= 0.3 is 0 Å². The molecule has 4 nitrogen and oxygen atoms in total. The van der Waals surface area contributed by atoms with Gasteiger partial charge in [0.1, 0.15) is 0 Å². The van der Waals surface area contributed by atoms with Crippen molar-refractivity contribution in [3.8, 4) is 0 Å². The zero-order chi connectivity index (χ0) is 11.4. The highest BCUT2D eigenvalue weighted by atomic mass is 15.4. The van der Waals surface area contributed by atoms with Crippen molar-refractivity contribution in [1.82, 2.24) is 20.3 Å². The Morgan fingerprint density at radius 1 is 1.38 bits per heavy atom. The van der Waals surface area contributed by atoms with Gasteiger partial charge in [-0.25, -0.2) is 0 Å². The summed E-state index contributed by atoms with van der Waals surface area (Å²) in [6.07, 6.45) is 8.80. The van der Waals surface area contributed by atoms with Gasteiger partial charge in [0.05, 0.1) is 5.69 Å². The van der Waals surface area contributed by atoms with Crippen molar-refractivity contribution in [1.29, 1.82) is 0 Å². The smallest absolute Gasteiger partial charge is 0.0964 e. The van der Waals surface area contributed by atoms with E-state index in [4.69, 9.17) is 0 Å². The molecule has 0 amide bonds. The quantitative estimate of drug-likeness (QED) is 0.794. The molecule has 1 N–H and O–H groups in total. The summed E-state index contributed by atoms with van der Waals surface area (Å²) in [6, 6.07) is 0.657. The SMILES string of the molecule is CC1CCCCCC1NCc1cn(C)nn1. The highest BCUT2D eigenvalue weighted by molar-refractivity contribution is 4.92. The van der Waals surface area contributed by atoms with Crippen LogP contribution in [0.4, 0.5) is 0 Å². The summed E-state index contributed by atoms with van der Waals surface area (Å²) >= 11 is 0. The largest absolute Gasteiger partial charge is 0.308 e. The van der Waals surface area contributed by atoms with Crippen LogP contribution in [0, 0.1) is 5.92 Å². The third kappa shape index (κ3) is 3.04. The minimum Gasteiger partial charge on any atom is -0.308 e. The molecule has 0 radical (unpaired) electrons. The molecule has 16 heavy (non-hydrogen) atoms. The molecule has 1 aromatic heterocycles. The van der Waals surface area contributed by atoms with Crippen LogP contribution in [0.3, 0.4) is 0 Å². The molecule has 0 bridgehead atoms. The molecule has 2 unspecified atom stereocenters. The Bertz CT molecular complexity index is 321. The highest BCUT2D eigenvalue weighted by Crippen LogP contribution is 2.23. The van der Waals surface area contributed by atoms with Gasteiger partial charge in [0.2, 0.25) is 0 Å². The summed E-state index contributed by atoms with van der Waals surface area (Å²) in [7, 11) is 1.91. The summed E-state index contributed by atoms with van der Waals surface area (Å²) in [5.41, 5.74) is 1.04. The third-order valence-corrected chi connectivity index (χ3v) is 3.56. The molecule has 2 rings (SSSR count). The number of hydrogen-bond donors (Lipinski definition) is 1. The first-order chi connectivity index (χ1) is 7.75. The first kappa shape index (κ1) is 11.6. The fourth-order valence-electron chi connectivity index (χ4n) is 2.51. The molecule has 0 spiro atoms. The Morgan fingerprint density at radius 2 is 2.19 bits per heavy atom. The van der Waals surface area contributed by atoms with E-state index >= 15 is 0 Å². The minimum absolute atomic E-state index is 0.657. The number of nitrogens with zero attached hydrogens (tertiary/aromatic N) is 3. The molecule has 0 aliphatic heterocycles. The second-order valence-electron chi connectivity index (χ2n) is 4.99. The molecule has 1 aliphatic rings. The number of hydrogen-bond acceptors (Lipinski definition) is 3. The van der Waals surface area contributed by atoms with Crippen molar-refractivity contribution < 1.29 is 0 Å². The standard InChI is InChI=1S/C12H22N4/c1-10-6-4-3-5-7-12(10)13-8-11-9-16(2)15-14-11/h9-10,12-13H,3-8H2,1-2H3. The van der Waals surface area contributed by atoms with Crippen LogP contribution in [-0.2, 0) is 13.6 Å². The molecular weight excluding hydrogens is 200 g/mol. The molecule has 90 valence electrons. The number of rotatable bonds is 3. The molecule has 0 saturated heterocycles. The van der Waals surface area contributed by atoms with Crippen molar-refractivity contribution in [2.24, 2.45) is 13.0 Å². The van der Waals surface area contributed by atoms with Crippen LogP contribution in [0.1, 0.15) is 44.7 Å². The van der Waals surface area contributed by atoms with Crippen LogP contribution in [0.25, 0.3) is 0 Å². The van der Waals surface area contributed by atoms with Crippen molar-refractivity contribution in [3.63, 3.8) is 0 Å². The van der Waals surface area contributed by atoms with Crippen molar-refractivity contribution in [2.45, 2.75) is 51.6 Å². The Labute approximate surface area is 97.4 Å². The number of aryl methyl sites for hydroxylation is 1. The zero-order valence-corrected chi connectivity index (χ0v) is 10.3. The Morgan fingerprint density at radius 3 is 2.94 bits per heavy atom. The van der Waals surface area contributed by atoms with E-state index in [-0.39, 0.29) is 0 Å². The number of aromatic nitrogens is 3. The summed E-state index contributed by atoms with van der Waals surface area (Å²) < 4.78 is 1.76. The molecule has 1 fully saturated rings. The molecule has 1 aromatic rings. The van der Waals surface area contributed by atoms with Gasteiger partial charge in [-0.3, -0.25) is 4.68 Å². The van der Waals surface area contributed by atoms with Gasteiger partial charge in [-0.2, -0.15) is 0 Å². The normalized spacial score (nSPS) is 26.6. The maximum Gasteiger partial charge on any atom is 0.0964 e. The Kier molecular flexibility index (Phi) is 3.93. The zero-order valence-electron chi connectivity index (χ0n) is 10.3. The van der Waals surface area contributed by atoms with Crippen LogP contribution in [-0.4, -0.2) is 21.0 Å². The Balaban J connectivity index is 1.83. The molecule has 1 saturated carbocycles. The average molecular weight is 222 g/mol. The van der Waals surface area contributed by atoms with Gasteiger partial charge in [0, 0.05) is 25.8 Å². The Hall–Kier alpha value is -0.900. The van der Waals surface area contributed by atoms with E-state index in [0.29, 0.717) is 6.04 Å². The first-order valence-electron chi connectivity index (χ1n) is 6.34. The predicted molar refractivity (Wildman–Crippen MR) is 63.9 cm³/mol. The molecule has 2 atom stereocenters. The van der Waals surface area contributed by atoms with E-state index < -0.39 is 0 Å². The highest BCUT2D eigenvalue weighted by Gasteiger charge is 2.19. The topological polar surface area (TPSA) is 42.7 Å². The molecule has 1 aliphatic carbocycles. The van der Waals surface area contributed by atoms with Gasteiger partial charge in [0.15, 0.2) is 0 Å². The van der Waals surface area contributed by atoms with E-state index in [1.165, 1.54) is 32.1 Å². The van der Waals surface area contributed by atoms with Gasteiger partial charge in [-0.05, 0) is 18.8 Å². The predicted octanol–water partition coefficient (Wildman–Crippen LogP) is 1.87. The van der Waals surface area contributed by atoms with E-state index in [9.17, 15) is 0 Å². The van der Waals surface area contributed by atoms with Gasteiger partial charge in [0.25, 0.3) is 0 Å². The number of nitrogens with one attached hydrogen (secondary N) is 1. The van der Waals surface area contributed by atoms with E-state index in [2.05, 4.69) is 22.6 Å². The fourth-order valence-corrected chi connectivity index (χ4v) is 2.51. The minimum atomic E-state index is 0.657. The fraction of sp³-hybridized carbons (Fsp3) is 0.833. The average Bonchev–Trinajstić information content (AvgIpc) is 2.56. The summed E-state index contributed by atoms with van der Waals surface area (Å²) in [5, 5.41) is 11.7. The van der Waals surface area contributed by atoms with E-state index in [0.717, 1.165) is 18.2 Å². The van der Waals surface area contributed by atoms with Crippen molar-refractivity contribution >= 4 is 0 Å². The van der Waals surface area contributed by atoms with Crippen LogP contribution in [0.15, 0.2) is 6.20 Å². The first-order valence-corrected chi connectivity index (χ1v) is 6.34. The third-order valence-electron chi connectivity index (χ3n) is 3.56. The molecule has 1 heterocycles. The molecule has 4 heteroatoms. The van der Waals surface area contributed by atoms with Crippen molar-refractivity contribution in [2.75, 3.05) is 0 Å². The van der Waals surface area contributed by atoms with E-state index in [1.807, 2.05) is 13.2 Å². The summed E-state index contributed by atoms with van der Waals surface area (Å²) in [5.74, 6) is 0.791. The van der Waals surface area contributed by atoms with Crippen molar-refractivity contribution in [3.05, 3.63) is 11.9 Å². The molecular formula is C12H22N4. The maximum absolute atomic E-state index is 4.10. The van der Waals surface area contributed by atoms with Crippen LogP contribution >= 0.6 is 0 Å². The lowest BCUT2D eigenvalue weighted by atomic mass is 9.97. The van der Waals surface area contributed by atoms with Crippen LogP contribution < -0.4 is 5.32 Å².